The Morgan fingerprint density at radius 1 is 0.949 bits per heavy atom. The predicted octanol–water partition coefficient (Wildman–Crippen LogP) is 6.81. The Morgan fingerprint density at radius 3 is 2.41 bits per heavy atom. The third-order valence-electron chi connectivity index (χ3n) is 7.56. The molecule has 2 saturated heterocycles. The molecule has 0 radical (unpaired) electrons. The van der Waals surface area contributed by atoms with Gasteiger partial charge in [0.2, 0.25) is 0 Å². The first-order valence-corrected chi connectivity index (χ1v) is 14.2. The highest BCUT2D eigenvalue weighted by Gasteiger charge is 2.42. The van der Waals surface area contributed by atoms with Gasteiger partial charge in [0.25, 0.3) is 0 Å². The molecule has 0 bridgehead atoms. The van der Waals surface area contributed by atoms with Crippen molar-refractivity contribution in [3.8, 4) is 5.69 Å². The number of hydrogen-bond acceptors (Lipinski definition) is 4. The molecule has 6 rings (SSSR count). The highest BCUT2D eigenvalue weighted by Crippen LogP contribution is 2.44. The van der Waals surface area contributed by atoms with E-state index in [2.05, 4.69) is 63.9 Å². The topological polar surface area (TPSA) is 45.6 Å². The van der Waals surface area contributed by atoms with Gasteiger partial charge in [-0.1, -0.05) is 35.3 Å². The lowest BCUT2D eigenvalue weighted by molar-refractivity contribution is 0.122. The van der Waals surface area contributed by atoms with Gasteiger partial charge in [-0.25, -0.2) is 0 Å². The van der Waals surface area contributed by atoms with Crippen LogP contribution in [0.25, 0.3) is 5.69 Å². The summed E-state index contributed by atoms with van der Waals surface area (Å²) in [4.78, 5) is 9.27. The number of nitrogens with one attached hydrogen (secondary N) is 1. The molecule has 1 N–H and O–H groups in total. The number of thiocarbonyl (C=S) groups is 1. The van der Waals surface area contributed by atoms with Crippen molar-refractivity contribution in [3.05, 3.63) is 106 Å². The number of anilines is 2. The highest BCUT2D eigenvalue weighted by atomic mass is 35.5. The van der Waals surface area contributed by atoms with E-state index in [0.29, 0.717) is 15.2 Å². The minimum absolute atomic E-state index is 0.125. The number of nitrogens with zero attached hydrogens (tertiary/aromatic N) is 4. The van der Waals surface area contributed by atoms with E-state index in [1.165, 1.54) is 5.69 Å². The molecule has 39 heavy (non-hydrogen) atoms. The molecule has 0 aliphatic carbocycles. The average molecular weight is 579 g/mol. The first-order chi connectivity index (χ1) is 18.9. The fourth-order valence-corrected chi connectivity index (χ4v) is 6.44. The van der Waals surface area contributed by atoms with Gasteiger partial charge in [-0.15, -0.1) is 0 Å². The second-order valence-corrected chi connectivity index (χ2v) is 11.0. The third-order valence-corrected chi connectivity index (χ3v) is 8.69. The van der Waals surface area contributed by atoms with Crippen molar-refractivity contribution < 1.29 is 4.74 Å². The Bertz CT molecular complexity index is 1500. The largest absolute Gasteiger partial charge is 0.378 e. The molecule has 4 aromatic rings. The summed E-state index contributed by atoms with van der Waals surface area (Å²) in [5.41, 5.74) is 7.28. The van der Waals surface area contributed by atoms with Crippen molar-refractivity contribution >= 4 is 51.9 Å². The van der Waals surface area contributed by atoms with E-state index in [0.717, 1.165) is 60.3 Å². The van der Waals surface area contributed by atoms with Crippen LogP contribution in [0.5, 0.6) is 0 Å². The van der Waals surface area contributed by atoms with Gasteiger partial charge >= 0.3 is 0 Å². The molecular formula is C30H29Cl2N5OS. The number of hydrogen-bond donors (Lipinski definition) is 1. The molecular weight excluding hydrogens is 549 g/mol. The smallest absolute Gasteiger partial charge is 0.174 e. The zero-order valence-electron chi connectivity index (χ0n) is 21.8. The normalized spacial score (nSPS) is 19.4. The summed E-state index contributed by atoms with van der Waals surface area (Å²) < 4.78 is 7.69. The Balaban J connectivity index is 1.45. The summed E-state index contributed by atoms with van der Waals surface area (Å²) in [6.07, 6.45) is 1.83. The van der Waals surface area contributed by atoms with Gasteiger partial charge in [-0.2, -0.15) is 0 Å². The first kappa shape index (κ1) is 26.1. The number of benzene rings is 2. The number of rotatable bonds is 5. The Kier molecular flexibility index (Phi) is 7.25. The fourth-order valence-electron chi connectivity index (χ4n) is 5.72. The third kappa shape index (κ3) is 4.78. The van der Waals surface area contributed by atoms with E-state index in [1.807, 2.05) is 36.5 Å². The van der Waals surface area contributed by atoms with E-state index in [-0.39, 0.29) is 12.1 Å². The van der Waals surface area contributed by atoms with Crippen molar-refractivity contribution in [3.63, 3.8) is 0 Å². The quantitative estimate of drug-likeness (QED) is 0.263. The molecule has 0 spiro atoms. The Hall–Kier alpha value is -3.10. The second kappa shape index (κ2) is 10.8. The number of halogens is 2. The second-order valence-electron chi connectivity index (χ2n) is 9.85. The Morgan fingerprint density at radius 2 is 1.69 bits per heavy atom. The van der Waals surface area contributed by atoms with Crippen molar-refractivity contribution in [1.82, 2.24) is 14.9 Å². The van der Waals surface area contributed by atoms with Crippen molar-refractivity contribution in [2.75, 3.05) is 36.1 Å². The molecule has 200 valence electrons. The standard InChI is InChI=1S/C30H29Cl2N5OS/c1-19-18-23(20(2)36(19)26-8-5-6-24(31)27(26)32)29-28(25-7-3-4-13-33-25)34-30(39)37(29)22-11-9-21(10-12-22)35-14-16-38-17-15-35/h3-13,18,28-29H,14-17H2,1-2H3,(H,34,39)/t28-,29-/m0/s1. The van der Waals surface area contributed by atoms with Gasteiger partial charge in [0, 0.05) is 42.0 Å². The molecule has 9 heteroatoms. The van der Waals surface area contributed by atoms with Crippen LogP contribution in [0.2, 0.25) is 10.0 Å². The predicted molar refractivity (Wildman–Crippen MR) is 163 cm³/mol. The number of ether oxygens (including phenoxy) is 1. The van der Waals surface area contributed by atoms with Crippen molar-refractivity contribution in [1.29, 1.82) is 0 Å². The van der Waals surface area contributed by atoms with Crippen LogP contribution in [-0.4, -0.2) is 41.0 Å². The minimum Gasteiger partial charge on any atom is -0.378 e. The molecule has 2 aliphatic rings. The van der Waals surface area contributed by atoms with Gasteiger partial charge in [0.15, 0.2) is 5.11 Å². The van der Waals surface area contributed by atoms with Gasteiger partial charge < -0.3 is 24.4 Å². The van der Waals surface area contributed by atoms with Crippen molar-refractivity contribution in [2.24, 2.45) is 0 Å². The molecule has 0 saturated carbocycles. The van der Waals surface area contributed by atoms with Crippen LogP contribution in [0.4, 0.5) is 11.4 Å². The lowest BCUT2D eigenvalue weighted by Gasteiger charge is -2.31. The van der Waals surface area contributed by atoms with Gasteiger partial charge in [0.05, 0.1) is 46.7 Å². The molecule has 2 aromatic carbocycles. The number of pyridine rings is 1. The monoisotopic (exact) mass is 577 g/mol. The summed E-state index contributed by atoms with van der Waals surface area (Å²) in [5, 5.41) is 5.30. The lowest BCUT2D eigenvalue weighted by Crippen LogP contribution is -2.36. The van der Waals surface area contributed by atoms with E-state index < -0.39 is 0 Å². The number of morpholine rings is 1. The maximum atomic E-state index is 6.67. The van der Waals surface area contributed by atoms with Gasteiger partial charge in [0.1, 0.15) is 0 Å². The van der Waals surface area contributed by atoms with E-state index in [9.17, 15) is 0 Å². The van der Waals surface area contributed by atoms with Crippen LogP contribution in [0.1, 0.15) is 34.7 Å². The van der Waals surface area contributed by atoms with E-state index in [1.54, 1.807) is 6.07 Å². The molecule has 6 nitrogen and oxygen atoms in total. The lowest BCUT2D eigenvalue weighted by atomic mass is 9.96. The highest BCUT2D eigenvalue weighted by molar-refractivity contribution is 7.80. The molecule has 4 heterocycles. The summed E-state index contributed by atoms with van der Waals surface area (Å²) >= 11 is 19.0. The van der Waals surface area contributed by atoms with Crippen molar-refractivity contribution in [2.45, 2.75) is 25.9 Å². The summed E-state index contributed by atoms with van der Waals surface area (Å²) in [6.45, 7) is 7.50. The number of aryl methyl sites for hydroxylation is 1. The van der Waals surface area contributed by atoms with E-state index >= 15 is 0 Å². The van der Waals surface area contributed by atoms with Crippen LogP contribution < -0.4 is 15.1 Å². The SMILES string of the molecule is Cc1cc([C@H]2[C@H](c3ccccn3)NC(=S)N2c2ccc(N3CCOCC3)cc2)c(C)n1-c1cccc(Cl)c1Cl. The molecule has 2 aromatic heterocycles. The van der Waals surface area contributed by atoms with Crippen LogP contribution in [0.3, 0.4) is 0 Å². The van der Waals surface area contributed by atoms with E-state index in [4.69, 9.17) is 45.1 Å². The maximum absolute atomic E-state index is 6.67. The molecule has 2 aliphatic heterocycles. The first-order valence-electron chi connectivity index (χ1n) is 13.0. The van der Waals surface area contributed by atoms with Gasteiger partial charge in [-0.3, -0.25) is 4.98 Å². The summed E-state index contributed by atoms with van der Waals surface area (Å²) in [5.74, 6) is 0. The van der Waals surface area contributed by atoms with Gasteiger partial charge in [-0.05, 0) is 86.2 Å². The molecule has 2 fully saturated rings. The molecule has 0 amide bonds. The summed E-state index contributed by atoms with van der Waals surface area (Å²) in [7, 11) is 0. The molecule has 0 unspecified atom stereocenters. The summed E-state index contributed by atoms with van der Waals surface area (Å²) in [6, 6.07) is 22.3. The minimum atomic E-state index is -0.138. The van der Waals surface area contributed by atoms with Crippen LogP contribution in [0.15, 0.2) is 72.9 Å². The zero-order chi connectivity index (χ0) is 27.1. The zero-order valence-corrected chi connectivity index (χ0v) is 24.1. The maximum Gasteiger partial charge on any atom is 0.174 e. The van der Waals surface area contributed by atoms with Crippen LogP contribution >= 0.6 is 35.4 Å². The fraction of sp³-hybridized carbons (Fsp3) is 0.267. The molecule has 2 atom stereocenters. The average Bonchev–Trinajstić information content (AvgIpc) is 3.46. The van der Waals surface area contributed by atoms with Crippen LogP contribution in [-0.2, 0) is 4.74 Å². The number of aromatic nitrogens is 2. The van der Waals surface area contributed by atoms with Crippen LogP contribution in [0, 0.1) is 13.8 Å². The Labute approximate surface area is 244 Å².